The summed E-state index contributed by atoms with van der Waals surface area (Å²) in [6.07, 6.45) is 1.47. The largest absolute Gasteiger partial charge is 0.478 e. The number of aliphatic carboxylic acids is 1. The van der Waals surface area contributed by atoms with Crippen LogP contribution in [0.15, 0.2) is 53.6 Å². The number of halogens is 2. The highest BCUT2D eigenvalue weighted by molar-refractivity contribution is 6.09. The van der Waals surface area contributed by atoms with Crippen LogP contribution in [-0.2, 0) is 9.59 Å². The van der Waals surface area contributed by atoms with Crippen molar-refractivity contribution in [2.75, 3.05) is 5.32 Å². The Kier molecular flexibility index (Phi) is 4.61. The lowest BCUT2D eigenvalue weighted by Gasteiger charge is -2.09. The van der Waals surface area contributed by atoms with Gasteiger partial charge in [-0.2, -0.15) is 0 Å². The Morgan fingerprint density at radius 1 is 0.960 bits per heavy atom. The Morgan fingerprint density at radius 3 is 2.28 bits per heavy atom. The molecule has 1 aliphatic carbocycles. The lowest BCUT2D eigenvalue weighted by atomic mass is 10.0. The number of carboxylic acid groups (broad SMARTS) is 1. The molecule has 0 radical (unpaired) electrons. The monoisotopic (exact) mass is 343 g/mol. The number of hydrogen-bond donors (Lipinski definition) is 2. The number of benzene rings is 2. The average molecular weight is 343 g/mol. The van der Waals surface area contributed by atoms with E-state index in [9.17, 15) is 18.4 Å². The first-order valence-electron chi connectivity index (χ1n) is 7.78. The predicted octanol–water partition coefficient (Wildman–Crippen LogP) is 4.14. The van der Waals surface area contributed by atoms with Gasteiger partial charge in [0, 0.05) is 28.5 Å². The van der Waals surface area contributed by atoms with Crippen LogP contribution in [0.25, 0.3) is 11.1 Å². The van der Waals surface area contributed by atoms with Gasteiger partial charge >= 0.3 is 5.97 Å². The topological polar surface area (TPSA) is 66.4 Å². The first-order valence-corrected chi connectivity index (χ1v) is 7.78. The second-order valence-electron chi connectivity index (χ2n) is 5.77. The van der Waals surface area contributed by atoms with Gasteiger partial charge in [0.25, 0.3) is 5.91 Å². The smallest absolute Gasteiger partial charge is 0.332 e. The van der Waals surface area contributed by atoms with Crippen molar-refractivity contribution in [2.24, 2.45) is 0 Å². The molecule has 4 nitrogen and oxygen atoms in total. The normalized spacial score (nSPS) is 13.8. The molecular weight excluding hydrogens is 328 g/mol. The van der Waals surface area contributed by atoms with Gasteiger partial charge in [-0.3, -0.25) is 4.79 Å². The van der Waals surface area contributed by atoms with Crippen molar-refractivity contribution in [3.05, 3.63) is 65.2 Å². The van der Waals surface area contributed by atoms with Crippen molar-refractivity contribution in [3.8, 4) is 11.1 Å². The molecule has 0 aromatic heterocycles. The number of amides is 1. The quantitative estimate of drug-likeness (QED) is 0.877. The van der Waals surface area contributed by atoms with E-state index in [2.05, 4.69) is 5.32 Å². The molecule has 0 bridgehead atoms. The van der Waals surface area contributed by atoms with Gasteiger partial charge < -0.3 is 10.4 Å². The fraction of sp³-hybridized carbons (Fsp3) is 0.158. The van der Waals surface area contributed by atoms with Gasteiger partial charge in [-0.25, -0.2) is 13.6 Å². The van der Waals surface area contributed by atoms with Crippen molar-refractivity contribution < 1.29 is 23.5 Å². The van der Waals surface area contributed by atoms with Gasteiger partial charge in [-0.15, -0.1) is 0 Å². The lowest BCUT2D eigenvalue weighted by molar-refractivity contribution is -0.133. The van der Waals surface area contributed by atoms with E-state index in [1.807, 2.05) is 0 Å². The molecule has 0 saturated heterocycles. The third kappa shape index (κ3) is 3.57. The van der Waals surface area contributed by atoms with Crippen LogP contribution in [0.2, 0.25) is 0 Å². The Balaban J connectivity index is 1.78. The Hall–Kier alpha value is -3.02. The average Bonchev–Trinajstić information content (AvgIpc) is 3.06. The third-order valence-corrected chi connectivity index (χ3v) is 4.13. The van der Waals surface area contributed by atoms with E-state index in [1.165, 1.54) is 12.1 Å². The van der Waals surface area contributed by atoms with E-state index < -0.39 is 23.5 Å². The predicted molar refractivity (Wildman–Crippen MR) is 88.9 cm³/mol. The summed E-state index contributed by atoms with van der Waals surface area (Å²) < 4.78 is 26.8. The van der Waals surface area contributed by atoms with E-state index in [0.29, 0.717) is 36.1 Å². The molecule has 3 rings (SSSR count). The number of rotatable bonds is 4. The van der Waals surface area contributed by atoms with Crippen LogP contribution in [0.5, 0.6) is 0 Å². The number of carbonyl (C=O) groups is 2. The minimum Gasteiger partial charge on any atom is -0.478 e. The van der Waals surface area contributed by atoms with Gasteiger partial charge in [-0.1, -0.05) is 12.1 Å². The molecule has 25 heavy (non-hydrogen) atoms. The van der Waals surface area contributed by atoms with Crippen LogP contribution in [0.1, 0.15) is 19.3 Å². The van der Waals surface area contributed by atoms with Crippen LogP contribution in [-0.4, -0.2) is 17.0 Å². The Morgan fingerprint density at radius 2 is 1.64 bits per heavy atom. The zero-order chi connectivity index (χ0) is 18.0. The first-order chi connectivity index (χ1) is 12.0. The minimum absolute atomic E-state index is 0.155. The number of nitrogens with one attached hydrogen (secondary N) is 1. The molecule has 128 valence electrons. The highest BCUT2D eigenvalue weighted by Crippen LogP contribution is 2.28. The summed E-state index contributed by atoms with van der Waals surface area (Å²) in [6.45, 7) is 0. The second-order valence-corrected chi connectivity index (χ2v) is 5.77. The first kappa shape index (κ1) is 16.8. The van der Waals surface area contributed by atoms with E-state index >= 15 is 0 Å². The van der Waals surface area contributed by atoms with Gasteiger partial charge in [0.05, 0.1) is 0 Å². The van der Waals surface area contributed by atoms with Crippen LogP contribution in [0.3, 0.4) is 0 Å². The molecule has 0 saturated carbocycles. The summed E-state index contributed by atoms with van der Waals surface area (Å²) in [5.74, 6) is -2.82. The number of carbonyl (C=O) groups excluding carboxylic acids is 1. The highest BCUT2D eigenvalue weighted by Gasteiger charge is 2.25. The van der Waals surface area contributed by atoms with Gasteiger partial charge in [0.15, 0.2) is 0 Å². The van der Waals surface area contributed by atoms with E-state index in [1.54, 1.807) is 24.3 Å². The lowest BCUT2D eigenvalue weighted by Crippen LogP contribution is -2.16. The zero-order valence-electron chi connectivity index (χ0n) is 13.2. The van der Waals surface area contributed by atoms with E-state index in [0.717, 1.165) is 6.07 Å². The standard InChI is InChI=1S/C19H15F2NO3/c20-12-6-9-14(17(21)10-12)11-4-7-13(8-5-11)22-18(23)15-2-1-3-16(15)19(24)25/h4-10H,1-3H2,(H,22,23)(H,24,25). The number of carboxylic acids is 1. The fourth-order valence-corrected chi connectivity index (χ4v) is 2.89. The molecule has 0 unspecified atom stereocenters. The van der Waals surface area contributed by atoms with Gasteiger partial charge in [0.2, 0.25) is 0 Å². The van der Waals surface area contributed by atoms with Gasteiger partial charge in [-0.05, 0) is 49.1 Å². The third-order valence-electron chi connectivity index (χ3n) is 4.13. The highest BCUT2D eigenvalue weighted by atomic mass is 19.1. The minimum atomic E-state index is -1.07. The molecule has 2 N–H and O–H groups in total. The van der Waals surface area contributed by atoms with Crippen LogP contribution >= 0.6 is 0 Å². The fourth-order valence-electron chi connectivity index (χ4n) is 2.89. The zero-order valence-corrected chi connectivity index (χ0v) is 13.2. The van der Waals surface area contributed by atoms with Crippen LogP contribution in [0, 0.1) is 11.6 Å². The van der Waals surface area contributed by atoms with Crippen molar-refractivity contribution in [2.45, 2.75) is 19.3 Å². The van der Waals surface area contributed by atoms with Crippen molar-refractivity contribution in [3.63, 3.8) is 0 Å². The summed E-state index contributed by atoms with van der Waals surface area (Å²) in [6, 6.07) is 9.72. The van der Waals surface area contributed by atoms with Crippen molar-refractivity contribution in [1.82, 2.24) is 0 Å². The van der Waals surface area contributed by atoms with E-state index in [-0.39, 0.29) is 11.1 Å². The molecule has 0 fully saturated rings. The van der Waals surface area contributed by atoms with Gasteiger partial charge in [0.1, 0.15) is 11.6 Å². The summed E-state index contributed by atoms with van der Waals surface area (Å²) in [7, 11) is 0. The maximum atomic E-state index is 13.8. The molecule has 2 aromatic rings. The number of anilines is 1. The number of hydrogen-bond acceptors (Lipinski definition) is 2. The molecule has 0 aliphatic heterocycles. The summed E-state index contributed by atoms with van der Waals surface area (Å²) >= 11 is 0. The molecule has 1 amide bonds. The molecule has 6 heteroatoms. The molecular formula is C19H15F2NO3. The Labute approximate surface area is 142 Å². The Bertz CT molecular complexity index is 873. The summed E-state index contributed by atoms with van der Waals surface area (Å²) in [5, 5.41) is 11.8. The van der Waals surface area contributed by atoms with E-state index in [4.69, 9.17) is 5.11 Å². The van der Waals surface area contributed by atoms with Crippen LogP contribution in [0.4, 0.5) is 14.5 Å². The SMILES string of the molecule is O=C(O)C1=C(C(=O)Nc2ccc(-c3ccc(F)cc3F)cc2)CCC1. The maximum absolute atomic E-state index is 13.8. The van der Waals surface area contributed by atoms with Crippen molar-refractivity contribution >= 4 is 17.6 Å². The molecule has 2 aromatic carbocycles. The molecule has 0 heterocycles. The van der Waals surface area contributed by atoms with Crippen LogP contribution < -0.4 is 5.32 Å². The van der Waals surface area contributed by atoms with Crippen molar-refractivity contribution in [1.29, 1.82) is 0 Å². The second kappa shape index (κ2) is 6.84. The molecule has 0 spiro atoms. The molecule has 0 atom stereocenters. The summed E-state index contributed by atoms with van der Waals surface area (Å²) in [4.78, 5) is 23.4. The summed E-state index contributed by atoms with van der Waals surface area (Å²) in [5.41, 5.74) is 1.72. The molecule has 1 aliphatic rings. The maximum Gasteiger partial charge on any atom is 0.332 e.